The van der Waals surface area contributed by atoms with Gasteiger partial charge in [-0.2, -0.15) is 0 Å². The normalized spacial score (nSPS) is 24.0. The minimum Gasteiger partial charge on any atom is -0.481 e. The third-order valence-electron chi connectivity index (χ3n) is 3.54. The minimum atomic E-state index is -0.749. The predicted octanol–water partition coefficient (Wildman–Crippen LogP) is 2.38. The molecule has 1 N–H and O–H groups in total. The molecule has 0 aromatic carbocycles. The Balaban J connectivity index is 2.10. The van der Waals surface area contributed by atoms with Crippen LogP contribution in [0, 0.1) is 12.8 Å². The first-order chi connectivity index (χ1) is 8.50. The molecular weight excluding hydrogens is 250 g/mol. The summed E-state index contributed by atoms with van der Waals surface area (Å²) in [5.74, 6) is -1.02. The van der Waals surface area contributed by atoms with Crippen molar-refractivity contribution in [1.29, 1.82) is 0 Å². The van der Waals surface area contributed by atoms with Crippen molar-refractivity contribution < 1.29 is 14.7 Å². The number of rotatable bonds is 2. The van der Waals surface area contributed by atoms with E-state index >= 15 is 0 Å². The quantitative estimate of drug-likeness (QED) is 0.895. The van der Waals surface area contributed by atoms with E-state index in [1.54, 1.807) is 4.90 Å². The molecule has 2 unspecified atom stereocenters. The van der Waals surface area contributed by atoms with Gasteiger partial charge in [-0.25, -0.2) is 0 Å². The number of thiophene rings is 1. The minimum absolute atomic E-state index is 0.00569. The molecule has 1 fully saturated rings. The molecule has 0 bridgehead atoms. The number of likely N-dealkylation sites (tertiary alicyclic amines) is 1. The van der Waals surface area contributed by atoms with Crippen LogP contribution in [-0.2, 0) is 4.79 Å². The number of carbonyl (C=O) groups is 2. The summed E-state index contributed by atoms with van der Waals surface area (Å²) in [6.07, 6.45) is 1.10. The van der Waals surface area contributed by atoms with Gasteiger partial charge in [0, 0.05) is 12.6 Å². The van der Waals surface area contributed by atoms with E-state index in [-0.39, 0.29) is 17.9 Å². The molecular formula is C13H17NO3S. The summed E-state index contributed by atoms with van der Waals surface area (Å²) in [6.45, 7) is 4.39. The Morgan fingerprint density at radius 1 is 1.50 bits per heavy atom. The van der Waals surface area contributed by atoms with Crippen molar-refractivity contribution in [3.05, 3.63) is 21.9 Å². The summed E-state index contributed by atoms with van der Waals surface area (Å²) in [7, 11) is 0. The van der Waals surface area contributed by atoms with E-state index in [9.17, 15) is 9.59 Å². The van der Waals surface area contributed by atoms with Crippen LogP contribution in [0.15, 0.2) is 11.4 Å². The molecule has 2 atom stereocenters. The van der Waals surface area contributed by atoms with Crippen LogP contribution in [0.2, 0.25) is 0 Å². The van der Waals surface area contributed by atoms with Gasteiger partial charge in [-0.15, -0.1) is 11.3 Å². The summed E-state index contributed by atoms with van der Waals surface area (Å²) in [5, 5.41) is 10.9. The van der Waals surface area contributed by atoms with Gasteiger partial charge in [0.05, 0.1) is 10.8 Å². The second-order valence-electron chi connectivity index (χ2n) is 4.84. The maximum Gasteiger partial charge on any atom is 0.306 e. The van der Waals surface area contributed by atoms with E-state index in [0.717, 1.165) is 10.4 Å². The molecule has 1 saturated heterocycles. The molecule has 4 nitrogen and oxygen atoms in total. The van der Waals surface area contributed by atoms with Gasteiger partial charge in [0.25, 0.3) is 5.91 Å². The van der Waals surface area contributed by atoms with Crippen LogP contribution in [-0.4, -0.2) is 34.5 Å². The monoisotopic (exact) mass is 267 g/mol. The van der Waals surface area contributed by atoms with Gasteiger partial charge in [0.15, 0.2) is 0 Å². The van der Waals surface area contributed by atoms with E-state index < -0.39 is 5.97 Å². The Bertz CT molecular complexity index is 469. The van der Waals surface area contributed by atoms with Crippen LogP contribution >= 0.6 is 11.3 Å². The number of carbonyl (C=O) groups excluding carboxylic acids is 1. The molecule has 0 aliphatic carbocycles. The molecule has 2 rings (SSSR count). The Labute approximate surface area is 110 Å². The van der Waals surface area contributed by atoms with Gasteiger partial charge in [-0.3, -0.25) is 9.59 Å². The highest BCUT2D eigenvalue weighted by molar-refractivity contribution is 7.12. The number of nitrogens with zero attached hydrogens (tertiary/aromatic N) is 1. The number of aliphatic carboxylic acids is 1. The van der Waals surface area contributed by atoms with Gasteiger partial charge in [0.2, 0.25) is 0 Å². The lowest BCUT2D eigenvalue weighted by Gasteiger charge is -2.36. The third kappa shape index (κ3) is 2.41. The summed E-state index contributed by atoms with van der Waals surface area (Å²) in [5.41, 5.74) is 0.998. The van der Waals surface area contributed by atoms with E-state index in [2.05, 4.69) is 0 Å². The van der Waals surface area contributed by atoms with E-state index in [4.69, 9.17) is 5.11 Å². The van der Waals surface area contributed by atoms with Crippen molar-refractivity contribution in [1.82, 2.24) is 4.90 Å². The van der Waals surface area contributed by atoms with Crippen molar-refractivity contribution in [2.24, 2.45) is 5.92 Å². The molecule has 2 heterocycles. The summed E-state index contributed by atoms with van der Waals surface area (Å²) < 4.78 is 0. The first kappa shape index (κ1) is 13.1. The van der Waals surface area contributed by atoms with Crippen LogP contribution in [0.25, 0.3) is 0 Å². The Kier molecular flexibility index (Phi) is 3.71. The molecule has 5 heteroatoms. The maximum atomic E-state index is 12.4. The molecule has 18 heavy (non-hydrogen) atoms. The van der Waals surface area contributed by atoms with Crippen molar-refractivity contribution in [3.8, 4) is 0 Å². The smallest absolute Gasteiger partial charge is 0.306 e. The number of carboxylic acids is 1. The number of hydrogen-bond acceptors (Lipinski definition) is 3. The number of amides is 1. The Hall–Kier alpha value is -1.36. The van der Waals surface area contributed by atoms with Crippen molar-refractivity contribution >= 4 is 23.2 Å². The molecule has 1 aromatic heterocycles. The van der Waals surface area contributed by atoms with Crippen molar-refractivity contribution in [3.63, 3.8) is 0 Å². The lowest BCUT2D eigenvalue weighted by Crippen LogP contribution is -2.46. The number of hydrogen-bond donors (Lipinski definition) is 1. The lowest BCUT2D eigenvalue weighted by atomic mass is 9.91. The fourth-order valence-electron chi connectivity index (χ4n) is 2.42. The second kappa shape index (κ2) is 5.10. The highest BCUT2D eigenvalue weighted by Crippen LogP contribution is 2.26. The van der Waals surface area contributed by atoms with Crippen molar-refractivity contribution in [2.75, 3.05) is 6.54 Å². The zero-order valence-corrected chi connectivity index (χ0v) is 11.4. The average Bonchev–Trinajstić information content (AvgIpc) is 2.74. The Morgan fingerprint density at radius 3 is 2.72 bits per heavy atom. The van der Waals surface area contributed by atoms with Crippen LogP contribution < -0.4 is 0 Å². The largest absolute Gasteiger partial charge is 0.481 e. The third-order valence-corrected chi connectivity index (χ3v) is 4.55. The zero-order chi connectivity index (χ0) is 13.3. The highest BCUT2D eigenvalue weighted by Gasteiger charge is 2.33. The average molecular weight is 267 g/mol. The number of piperidine rings is 1. The summed E-state index contributed by atoms with van der Waals surface area (Å²) in [4.78, 5) is 25.9. The van der Waals surface area contributed by atoms with Crippen LogP contribution in [0.5, 0.6) is 0 Å². The molecule has 0 saturated carbocycles. The lowest BCUT2D eigenvalue weighted by molar-refractivity contribution is -0.143. The SMILES string of the molecule is Cc1ccsc1C(=O)N1CCC(C(=O)O)CC1C. The topological polar surface area (TPSA) is 57.6 Å². The van der Waals surface area contributed by atoms with E-state index in [0.29, 0.717) is 19.4 Å². The van der Waals surface area contributed by atoms with Crippen LogP contribution in [0.4, 0.5) is 0 Å². The molecule has 0 spiro atoms. The van der Waals surface area contributed by atoms with Crippen molar-refractivity contribution in [2.45, 2.75) is 32.7 Å². The molecule has 1 amide bonds. The van der Waals surface area contributed by atoms with E-state index in [1.165, 1.54) is 11.3 Å². The highest BCUT2D eigenvalue weighted by atomic mass is 32.1. The molecule has 1 aromatic rings. The van der Waals surface area contributed by atoms with Crippen LogP contribution in [0.1, 0.15) is 35.0 Å². The van der Waals surface area contributed by atoms with E-state index in [1.807, 2.05) is 25.3 Å². The predicted molar refractivity (Wildman–Crippen MR) is 69.9 cm³/mol. The van der Waals surface area contributed by atoms with Gasteiger partial charge < -0.3 is 10.0 Å². The van der Waals surface area contributed by atoms with Gasteiger partial charge in [-0.05, 0) is 43.7 Å². The maximum absolute atomic E-state index is 12.4. The Morgan fingerprint density at radius 2 is 2.22 bits per heavy atom. The van der Waals surface area contributed by atoms with Gasteiger partial charge in [-0.1, -0.05) is 0 Å². The number of carboxylic acid groups (broad SMARTS) is 1. The molecule has 98 valence electrons. The standard InChI is InChI=1S/C13H17NO3S/c1-8-4-6-18-11(8)12(15)14-5-3-10(13(16)17)7-9(14)2/h4,6,9-10H,3,5,7H2,1-2H3,(H,16,17). The van der Waals surface area contributed by atoms with Gasteiger partial charge >= 0.3 is 5.97 Å². The first-order valence-corrected chi connectivity index (χ1v) is 6.96. The summed E-state index contributed by atoms with van der Waals surface area (Å²) in [6, 6.07) is 1.93. The molecule has 1 aliphatic heterocycles. The molecule has 0 radical (unpaired) electrons. The molecule has 1 aliphatic rings. The fourth-order valence-corrected chi connectivity index (χ4v) is 3.30. The summed E-state index contributed by atoms with van der Waals surface area (Å²) >= 11 is 1.45. The first-order valence-electron chi connectivity index (χ1n) is 6.08. The second-order valence-corrected chi connectivity index (χ2v) is 5.76. The number of aryl methyl sites for hydroxylation is 1. The van der Waals surface area contributed by atoms with Crippen LogP contribution in [0.3, 0.4) is 0 Å². The zero-order valence-electron chi connectivity index (χ0n) is 10.5. The fraction of sp³-hybridized carbons (Fsp3) is 0.538. The van der Waals surface area contributed by atoms with Gasteiger partial charge in [0.1, 0.15) is 0 Å².